The van der Waals surface area contributed by atoms with Crippen LogP contribution in [0.25, 0.3) is 0 Å². The van der Waals surface area contributed by atoms with Gasteiger partial charge in [-0.15, -0.1) is 0 Å². The molecule has 1 rings (SSSR count). The molecule has 0 spiro atoms. The van der Waals surface area contributed by atoms with Gasteiger partial charge in [-0.25, -0.2) is 0 Å². The van der Waals surface area contributed by atoms with Crippen LogP contribution in [0.4, 0.5) is 0 Å². The molecule has 0 radical (unpaired) electrons. The van der Waals surface area contributed by atoms with Gasteiger partial charge in [-0.05, 0) is 25.3 Å². The largest absolute Gasteiger partial charge is 0.295 e. The lowest BCUT2D eigenvalue weighted by Gasteiger charge is -2.01. The van der Waals surface area contributed by atoms with Gasteiger partial charge in [0.2, 0.25) is 0 Å². The molecule has 1 heteroatoms. The van der Waals surface area contributed by atoms with Crippen molar-refractivity contribution in [2.75, 3.05) is 0 Å². The summed E-state index contributed by atoms with van der Waals surface area (Å²) in [4.78, 5) is 11.0. The van der Waals surface area contributed by atoms with E-state index in [2.05, 4.69) is 0 Å². The molecule has 0 aromatic carbocycles. The molecule has 0 saturated heterocycles. The maximum Gasteiger partial charge on any atom is 0.155 e. The molecular formula is C10H16O. The van der Waals surface area contributed by atoms with Crippen LogP contribution in [0, 0.1) is 0 Å². The topological polar surface area (TPSA) is 17.1 Å². The van der Waals surface area contributed by atoms with Crippen LogP contribution in [0.15, 0.2) is 12.2 Å². The zero-order valence-electron chi connectivity index (χ0n) is 7.01. The summed E-state index contributed by atoms with van der Waals surface area (Å²) in [5, 5.41) is 0. The van der Waals surface area contributed by atoms with Gasteiger partial charge in [-0.2, -0.15) is 0 Å². The Morgan fingerprint density at radius 1 is 1.00 bits per heavy atom. The second-order valence-electron chi connectivity index (χ2n) is 3.18. The highest BCUT2D eigenvalue weighted by molar-refractivity contribution is 5.89. The molecule has 1 aliphatic rings. The fourth-order valence-electron chi connectivity index (χ4n) is 1.39. The molecule has 1 nitrogen and oxygen atoms in total. The maximum atomic E-state index is 11.0. The van der Waals surface area contributed by atoms with E-state index < -0.39 is 0 Å². The summed E-state index contributed by atoms with van der Waals surface area (Å²) in [6.07, 6.45) is 11.8. The van der Waals surface area contributed by atoms with Crippen molar-refractivity contribution in [3.05, 3.63) is 12.2 Å². The van der Waals surface area contributed by atoms with Crippen molar-refractivity contribution in [3.8, 4) is 0 Å². The first-order chi connectivity index (χ1) is 5.39. The molecule has 0 heterocycles. The SMILES string of the molecule is O=C1/C=C\CCCCCCC1. The predicted molar refractivity (Wildman–Crippen MR) is 46.5 cm³/mol. The maximum absolute atomic E-state index is 11.0. The average Bonchev–Trinajstić information content (AvgIpc) is 2.03. The third-order valence-electron chi connectivity index (χ3n) is 2.10. The second kappa shape index (κ2) is 5.11. The summed E-state index contributed by atoms with van der Waals surface area (Å²) in [5.74, 6) is 0.312. The number of ketones is 1. The van der Waals surface area contributed by atoms with Gasteiger partial charge in [0, 0.05) is 6.42 Å². The Bertz CT molecular complexity index is 147. The Morgan fingerprint density at radius 2 is 1.73 bits per heavy atom. The Balaban J connectivity index is 2.32. The molecule has 62 valence electrons. The van der Waals surface area contributed by atoms with Crippen molar-refractivity contribution in [3.63, 3.8) is 0 Å². The summed E-state index contributed by atoms with van der Waals surface area (Å²) in [5.41, 5.74) is 0. The van der Waals surface area contributed by atoms with E-state index in [1.54, 1.807) is 6.08 Å². The number of rotatable bonds is 0. The van der Waals surface area contributed by atoms with Crippen molar-refractivity contribution in [1.82, 2.24) is 0 Å². The second-order valence-corrected chi connectivity index (χ2v) is 3.18. The lowest BCUT2D eigenvalue weighted by molar-refractivity contribution is -0.114. The van der Waals surface area contributed by atoms with Gasteiger partial charge >= 0.3 is 0 Å². The van der Waals surface area contributed by atoms with E-state index in [0.717, 1.165) is 19.3 Å². The van der Waals surface area contributed by atoms with E-state index >= 15 is 0 Å². The molecule has 0 atom stereocenters. The molecule has 0 saturated carbocycles. The summed E-state index contributed by atoms with van der Waals surface area (Å²) in [6.45, 7) is 0. The molecule has 0 aliphatic heterocycles. The Labute approximate surface area is 68.5 Å². The lowest BCUT2D eigenvalue weighted by atomic mass is 10.0. The van der Waals surface area contributed by atoms with E-state index in [1.807, 2.05) is 6.08 Å². The number of carbonyl (C=O) groups excluding carboxylic acids is 1. The highest BCUT2D eigenvalue weighted by Gasteiger charge is 1.98. The van der Waals surface area contributed by atoms with Crippen LogP contribution in [0.2, 0.25) is 0 Å². The smallest absolute Gasteiger partial charge is 0.155 e. The van der Waals surface area contributed by atoms with Crippen molar-refractivity contribution in [2.24, 2.45) is 0 Å². The number of hydrogen-bond donors (Lipinski definition) is 0. The molecule has 0 N–H and O–H groups in total. The van der Waals surface area contributed by atoms with Crippen molar-refractivity contribution < 1.29 is 4.79 Å². The van der Waals surface area contributed by atoms with Gasteiger partial charge in [0.1, 0.15) is 0 Å². The summed E-state index contributed by atoms with van der Waals surface area (Å²) in [6, 6.07) is 0. The fourth-order valence-corrected chi connectivity index (χ4v) is 1.39. The third kappa shape index (κ3) is 3.97. The minimum absolute atomic E-state index is 0.312. The molecule has 0 amide bonds. The van der Waals surface area contributed by atoms with E-state index in [0.29, 0.717) is 5.78 Å². The first kappa shape index (κ1) is 8.51. The zero-order chi connectivity index (χ0) is 7.94. The first-order valence-corrected chi connectivity index (χ1v) is 4.59. The monoisotopic (exact) mass is 152 g/mol. The van der Waals surface area contributed by atoms with Crippen LogP contribution in [0.1, 0.15) is 44.9 Å². The highest BCUT2D eigenvalue weighted by Crippen LogP contribution is 2.10. The Morgan fingerprint density at radius 3 is 2.64 bits per heavy atom. The first-order valence-electron chi connectivity index (χ1n) is 4.59. The van der Waals surface area contributed by atoms with E-state index in [1.165, 1.54) is 25.7 Å². The van der Waals surface area contributed by atoms with Crippen molar-refractivity contribution in [2.45, 2.75) is 44.9 Å². The number of allylic oxidation sites excluding steroid dienone is 2. The molecule has 0 aromatic rings. The van der Waals surface area contributed by atoms with E-state index in [-0.39, 0.29) is 0 Å². The Hall–Kier alpha value is -0.590. The predicted octanol–water partition coefficient (Wildman–Crippen LogP) is 2.86. The molecular weight excluding hydrogens is 136 g/mol. The van der Waals surface area contributed by atoms with Crippen LogP contribution in [0.5, 0.6) is 0 Å². The number of carbonyl (C=O) groups is 1. The minimum Gasteiger partial charge on any atom is -0.295 e. The van der Waals surface area contributed by atoms with Gasteiger partial charge < -0.3 is 0 Å². The molecule has 1 aliphatic carbocycles. The fraction of sp³-hybridized carbons (Fsp3) is 0.700. The lowest BCUT2D eigenvalue weighted by Crippen LogP contribution is -1.93. The van der Waals surface area contributed by atoms with Crippen LogP contribution in [-0.4, -0.2) is 5.78 Å². The summed E-state index contributed by atoms with van der Waals surface area (Å²) in [7, 11) is 0. The molecule has 0 bridgehead atoms. The van der Waals surface area contributed by atoms with Gasteiger partial charge in [0.15, 0.2) is 5.78 Å². The number of hydrogen-bond acceptors (Lipinski definition) is 1. The quantitative estimate of drug-likeness (QED) is 0.521. The van der Waals surface area contributed by atoms with Crippen LogP contribution >= 0.6 is 0 Å². The van der Waals surface area contributed by atoms with Gasteiger partial charge in [-0.1, -0.05) is 25.3 Å². The summed E-state index contributed by atoms with van der Waals surface area (Å²) < 4.78 is 0. The molecule has 0 unspecified atom stereocenters. The molecule has 11 heavy (non-hydrogen) atoms. The minimum atomic E-state index is 0.312. The van der Waals surface area contributed by atoms with Crippen LogP contribution in [0.3, 0.4) is 0 Å². The average molecular weight is 152 g/mol. The summed E-state index contributed by atoms with van der Waals surface area (Å²) >= 11 is 0. The van der Waals surface area contributed by atoms with Crippen molar-refractivity contribution in [1.29, 1.82) is 0 Å². The van der Waals surface area contributed by atoms with E-state index in [4.69, 9.17) is 0 Å². The Kier molecular flexibility index (Phi) is 3.95. The highest BCUT2D eigenvalue weighted by atomic mass is 16.1. The van der Waals surface area contributed by atoms with E-state index in [9.17, 15) is 4.79 Å². The molecule has 0 fully saturated rings. The molecule has 0 aromatic heterocycles. The zero-order valence-corrected chi connectivity index (χ0v) is 7.01. The normalized spacial score (nSPS) is 24.5. The standard InChI is InChI=1S/C10H16O/c11-10-8-6-4-2-1-3-5-7-9-10/h6,8H,1-5,7,9H2/b8-6-. The van der Waals surface area contributed by atoms with Crippen molar-refractivity contribution >= 4 is 5.78 Å². The van der Waals surface area contributed by atoms with Crippen LogP contribution < -0.4 is 0 Å². The van der Waals surface area contributed by atoms with Gasteiger partial charge in [0.25, 0.3) is 0 Å². The van der Waals surface area contributed by atoms with Gasteiger partial charge in [-0.3, -0.25) is 4.79 Å². The van der Waals surface area contributed by atoms with Gasteiger partial charge in [0.05, 0.1) is 0 Å². The van der Waals surface area contributed by atoms with Crippen LogP contribution in [-0.2, 0) is 4.79 Å². The third-order valence-corrected chi connectivity index (χ3v) is 2.10.